The average Bonchev–Trinajstić information content (AvgIpc) is 2.42. The van der Waals surface area contributed by atoms with Gasteiger partial charge in [0.1, 0.15) is 5.41 Å². The molecule has 102 valence electrons. The van der Waals surface area contributed by atoms with Crippen molar-refractivity contribution < 1.29 is 14.3 Å². The number of hydrogen-bond acceptors (Lipinski definition) is 4. The zero-order valence-corrected chi connectivity index (χ0v) is 11.2. The van der Waals surface area contributed by atoms with Gasteiger partial charge in [0.25, 0.3) is 0 Å². The molecule has 2 heterocycles. The molecule has 4 nitrogen and oxygen atoms in total. The third-order valence-corrected chi connectivity index (χ3v) is 4.03. The quantitative estimate of drug-likeness (QED) is 0.843. The molecule has 0 radical (unpaired) electrons. The van der Waals surface area contributed by atoms with Crippen LogP contribution < -0.4 is 5.32 Å². The van der Waals surface area contributed by atoms with E-state index in [2.05, 4.69) is 23.5 Å². The van der Waals surface area contributed by atoms with E-state index in [1.165, 1.54) is 30.3 Å². The summed E-state index contributed by atoms with van der Waals surface area (Å²) >= 11 is 0. The Balaban J connectivity index is 1.81. The van der Waals surface area contributed by atoms with E-state index in [1.54, 1.807) is 0 Å². The highest BCUT2D eigenvalue weighted by atomic mass is 16.5. The zero-order chi connectivity index (χ0) is 13.3. The van der Waals surface area contributed by atoms with Gasteiger partial charge in [0.05, 0.1) is 20.3 Å². The van der Waals surface area contributed by atoms with Gasteiger partial charge in [-0.25, -0.2) is 0 Å². The van der Waals surface area contributed by atoms with E-state index in [0.717, 1.165) is 13.0 Å². The van der Waals surface area contributed by atoms with Crippen LogP contribution in [-0.4, -0.2) is 32.8 Å². The van der Waals surface area contributed by atoms with Crippen LogP contribution >= 0.6 is 0 Å². The van der Waals surface area contributed by atoms with Crippen LogP contribution in [0.2, 0.25) is 0 Å². The summed E-state index contributed by atoms with van der Waals surface area (Å²) in [5.41, 5.74) is 3.30. The molecule has 0 atom stereocenters. The number of benzene rings is 1. The fraction of sp³-hybridized carbons (Fsp3) is 0.533. The molecule has 1 saturated heterocycles. The number of rotatable bonds is 3. The molecule has 3 rings (SSSR count). The van der Waals surface area contributed by atoms with Crippen LogP contribution in [0.5, 0.6) is 0 Å². The molecule has 1 aromatic carbocycles. The van der Waals surface area contributed by atoms with Crippen molar-refractivity contribution in [1.82, 2.24) is 0 Å². The second kappa shape index (κ2) is 4.85. The van der Waals surface area contributed by atoms with Crippen LogP contribution in [0.4, 0.5) is 5.69 Å². The van der Waals surface area contributed by atoms with Gasteiger partial charge in [-0.15, -0.1) is 0 Å². The Kier molecular flexibility index (Phi) is 3.19. The summed E-state index contributed by atoms with van der Waals surface area (Å²) in [5.74, 6) is -0.158. The second-order valence-electron chi connectivity index (χ2n) is 5.46. The maximum Gasteiger partial charge on any atom is 0.316 e. The number of anilines is 1. The Morgan fingerprint density at radius 3 is 3.00 bits per heavy atom. The lowest BCUT2D eigenvalue weighted by Gasteiger charge is -2.38. The van der Waals surface area contributed by atoms with Gasteiger partial charge in [-0.1, -0.05) is 12.1 Å². The monoisotopic (exact) mass is 261 g/mol. The van der Waals surface area contributed by atoms with E-state index in [1.807, 2.05) is 0 Å². The lowest BCUT2D eigenvalue weighted by atomic mass is 9.79. The molecular weight excluding hydrogens is 242 g/mol. The van der Waals surface area contributed by atoms with Crippen LogP contribution in [0, 0.1) is 5.41 Å². The number of methoxy groups -OCH3 is 1. The van der Waals surface area contributed by atoms with Gasteiger partial charge >= 0.3 is 5.97 Å². The number of esters is 1. The van der Waals surface area contributed by atoms with Crippen molar-refractivity contribution in [1.29, 1.82) is 0 Å². The number of carbonyl (C=O) groups is 1. The third-order valence-electron chi connectivity index (χ3n) is 4.03. The molecule has 0 bridgehead atoms. The number of hydrogen-bond donors (Lipinski definition) is 1. The molecule has 1 N–H and O–H groups in total. The first-order chi connectivity index (χ1) is 9.23. The third kappa shape index (κ3) is 2.21. The molecule has 19 heavy (non-hydrogen) atoms. The normalized spacial score (nSPS) is 19.8. The summed E-state index contributed by atoms with van der Waals surface area (Å²) in [7, 11) is 1.44. The van der Waals surface area contributed by atoms with Gasteiger partial charge in [-0.2, -0.15) is 0 Å². The largest absolute Gasteiger partial charge is 0.468 e. The van der Waals surface area contributed by atoms with Gasteiger partial charge in [-0.05, 0) is 36.5 Å². The van der Waals surface area contributed by atoms with Crippen LogP contribution in [-0.2, 0) is 27.1 Å². The summed E-state index contributed by atoms with van der Waals surface area (Å²) in [6.07, 6.45) is 2.98. The van der Waals surface area contributed by atoms with Gasteiger partial charge in [0.15, 0.2) is 0 Å². The minimum atomic E-state index is -0.467. The molecule has 0 aromatic heterocycles. The Morgan fingerprint density at radius 1 is 1.47 bits per heavy atom. The van der Waals surface area contributed by atoms with E-state index >= 15 is 0 Å². The molecule has 0 spiro atoms. The van der Waals surface area contributed by atoms with E-state index in [0.29, 0.717) is 19.6 Å². The van der Waals surface area contributed by atoms with Crippen molar-refractivity contribution in [3.63, 3.8) is 0 Å². The second-order valence-corrected chi connectivity index (χ2v) is 5.46. The summed E-state index contributed by atoms with van der Waals surface area (Å²) < 4.78 is 10.1. The summed E-state index contributed by atoms with van der Waals surface area (Å²) in [4.78, 5) is 11.9. The minimum Gasteiger partial charge on any atom is -0.468 e. The smallest absolute Gasteiger partial charge is 0.316 e. The van der Waals surface area contributed by atoms with E-state index in [9.17, 15) is 4.79 Å². The zero-order valence-electron chi connectivity index (χ0n) is 11.2. The van der Waals surface area contributed by atoms with Crippen LogP contribution in [0.1, 0.15) is 17.5 Å². The Bertz CT molecular complexity index is 494. The fourth-order valence-electron chi connectivity index (χ4n) is 2.89. The van der Waals surface area contributed by atoms with Crippen LogP contribution in [0.3, 0.4) is 0 Å². The highest BCUT2D eigenvalue weighted by Crippen LogP contribution is 2.34. The lowest BCUT2D eigenvalue weighted by molar-refractivity contribution is -0.182. The first-order valence-electron chi connectivity index (χ1n) is 6.75. The van der Waals surface area contributed by atoms with Crippen molar-refractivity contribution in [3.05, 3.63) is 29.3 Å². The van der Waals surface area contributed by atoms with E-state index in [4.69, 9.17) is 9.47 Å². The molecule has 0 saturated carbocycles. The number of nitrogens with one attached hydrogen (secondary N) is 1. The predicted octanol–water partition coefficient (Wildman–Crippen LogP) is 1.78. The Hall–Kier alpha value is -1.55. The topological polar surface area (TPSA) is 47.6 Å². The Labute approximate surface area is 113 Å². The molecule has 0 unspecified atom stereocenters. The molecular formula is C15H19NO3. The molecule has 0 amide bonds. The Morgan fingerprint density at radius 2 is 2.32 bits per heavy atom. The van der Waals surface area contributed by atoms with Crippen LogP contribution in [0.25, 0.3) is 0 Å². The van der Waals surface area contributed by atoms with Gasteiger partial charge < -0.3 is 14.8 Å². The maximum atomic E-state index is 11.9. The first kappa shape index (κ1) is 12.5. The van der Waals surface area contributed by atoms with Gasteiger partial charge in [0, 0.05) is 12.2 Å². The predicted molar refractivity (Wildman–Crippen MR) is 72.2 cm³/mol. The summed E-state index contributed by atoms with van der Waals surface area (Å²) in [5, 5.41) is 3.40. The van der Waals surface area contributed by atoms with Crippen molar-refractivity contribution in [2.75, 3.05) is 32.2 Å². The number of aryl methyl sites for hydroxylation is 1. The first-order valence-corrected chi connectivity index (χ1v) is 6.75. The molecule has 1 fully saturated rings. The SMILES string of the molecule is COC(=O)C1(Cc2ccc3c(c2)CCCN3)COC1. The fourth-order valence-corrected chi connectivity index (χ4v) is 2.89. The minimum absolute atomic E-state index is 0.158. The molecule has 2 aliphatic rings. The van der Waals surface area contributed by atoms with Crippen molar-refractivity contribution in [2.24, 2.45) is 5.41 Å². The van der Waals surface area contributed by atoms with Crippen molar-refractivity contribution in [2.45, 2.75) is 19.3 Å². The molecule has 4 heteroatoms. The van der Waals surface area contributed by atoms with Gasteiger partial charge in [0.2, 0.25) is 0 Å². The standard InChI is InChI=1S/C15H19NO3/c1-18-14(17)15(9-19-10-15)8-11-4-5-13-12(7-11)3-2-6-16-13/h4-5,7,16H,2-3,6,8-10H2,1H3. The van der Waals surface area contributed by atoms with Crippen molar-refractivity contribution >= 4 is 11.7 Å². The number of carbonyl (C=O) groups excluding carboxylic acids is 1. The van der Waals surface area contributed by atoms with Crippen molar-refractivity contribution in [3.8, 4) is 0 Å². The molecule has 0 aliphatic carbocycles. The van der Waals surface area contributed by atoms with Crippen LogP contribution in [0.15, 0.2) is 18.2 Å². The number of ether oxygens (including phenoxy) is 2. The summed E-state index contributed by atoms with van der Waals surface area (Å²) in [6, 6.07) is 6.43. The molecule has 1 aromatic rings. The molecule has 2 aliphatic heterocycles. The highest BCUT2D eigenvalue weighted by molar-refractivity contribution is 5.78. The summed E-state index contributed by atoms with van der Waals surface area (Å²) in [6.45, 7) is 1.98. The number of fused-ring (bicyclic) bond motifs is 1. The van der Waals surface area contributed by atoms with E-state index < -0.39 is 5.41 Å². The maximum absolute atomic E-state index is 11.9. The lowest BCUT2D eigenvalue weighted by Crippen LogP contribution is -2.51. The van der Waals surface area contributed by atoms with E-state index in [-0.39, 0.29) is 5.97 Å². The van der Waals surface area contributed by atoms with Gasteiger partial charge in [-0.3, -0.25) is 4.79 Å². The highest BCUT2D eigenvalue weighted by Gasteiger charge is 2.47. The average molecular weight is 261 g/mol.